The lowest BCUT2D eigenvalue weighted by Gasteiger charge is -2.23. The van der Waals surface area contributed by atoms with Crippen LogP contribution in [0.4, 0.5) is 0 Å². The predicted octanol–water partition coefficient (Wildman–Crippen LogP) is 0.870. The first-order valence-electron chi connectivity index (χ1n) is 5.27. The molecule has 90 valence electrons. The van der Waals surface area contributed by atoms with E-state index in [-0.39, 0.29) is 0 Å². The summed E-state index contributed by atoms with van der Waals surface area (Å²) < 4.78 is 5.07. The lowest BCUT2D eigenvalue weighted by Crippen LogP contribution is -2.33. The van der Waals surface area contributed by atoms with Crippen molar-refractivity contribution >= 4 is 5.84 Å². The zero-order valence-electron chi connectivity index (χ0n) is 9.94. The molecular weight excluding hydrogens is 194 g/mol. The number of methoxy groups -OCH3 is 1. The van der Waals surface area contributed by atoms with Gasteiger partial charge in [0.2, 0.25) is 0 Å². The van der Waals surface area contributed by atoms with Gasteiger partial charge in [-0.2, -0.15) is 0 Å². The van der Waals surface area contributed by atoms with Gasteiger partial charge in [0.15, 0.2) is 0 Å². The van der Waals surface area contributed by atoms with Crippen LogP contribution >= 0.6 is 0 Å². The third kappa shape index (κ3) is 7.16. The van der Waals surface area contributed by atoms with Gasteiger partial charge in [-0.15, -0.1) is 0 Å². The number of rotatable bonds is 8. The van der Waals surface area contributed by atoms with Crippen molar-refractivity contribution in [2.45, 2.75) is 32.2 Å². The normalized spacial score (nSPS) is 14.5. The van der Waals surface area contributed by atoms with E-state index in [4.69, 9.17) is 15.7 Å². The van der Waals surface area contributed by atoms with Crippen LogP contribution in [-0.2, 0) is 4.74 Å². The van der Waals surface area contributed by atoms with Crippen LogP contribution in [-0.4, -0.2) is 49.3 Å². The molecule has 0 saturated carbocycles. The van der Waals surface area contributed by atoms with Crippen molar-refractivity contribution in [1.29, 1.82) is 0 Å². The van der Waals surface area contributed by atoms with Crippen molar-refractivity contribution in [3.63, 3.8) is 0 Å². The van der Waals surface area contributed by atoms with Gasteiger partial charge in [0.1, 0.15) is 5.84 Å². The Balaban J connectivity index is 3.50. The van der Waals surface area contributed by atoms with Gasteiger partial charge < -0.3 is 20.6 Å². The Hall–Kier alpha value is -0.810. The largest absolute Gasteiger partial charge is 0.409 e. The number of oxime groups is 1. The zero-order chi connectivity index (χ0) is 11.7. The van der Waals surface area contributed by atoms with Crippen LogP contribution in [0.15, 0.2) is 5.16 Å². The van der Waals surface area contributed by atoms with Gasteiger partial charge in [-0.25, -0.2) is 0 Å². The van der Waals surface area contributed by atoms with E-state index in [9.17, 15) is 0 Å². The smallest absolute Gasteiger partial charge is 0.139 e. The first-order valence-corrected chi connectivity index (χ1v) is 5.27. The van der Waals surface area contributed by atoms with E-state index in [0.29, 0.717) is 18.3 Å². The molecule has 0 aromatic rings. The molecule has 0 aromatic carbocycles. The number of likely N-dealkylation sites (N-methyl/N-ethyl adjacent to an activating group) is 1. The summed E-state index contributed by atoms with van der Waals surface area (Å²) in [5, 5.41) is 11.3. The third-order valence-corrected chi connectivity index (χ3v) is 2.48. The van der Waals surface area contributed by atoms with E-state index in [0.717, 1.165) is 26.0 Å². The fraction of sp³-hybridized carbons (Fsp3) is 0.900. The second-order valence-corrected chi connectivity index (χ2v) is 3.83. The maximum absolute atomic E-state index is 8.34. The number of ether oxygens (including phenoxy) is 1. The summed E-state index contributed by atoms with van der Waals surface area (Å²) in [5.41, 5.74) is 5.36. The van der Waals surface area contributed by atoms with Gasteiger partial charge in [0.05, 0.1) is 6.61 Å². The molecule has 15 heavy (non-hydrogen) atoms. The highest BCUT2D eigenvalue weighted by atomic mass is 16.5. The Morgan fingerprint density at radius 3 is 2.73 bits per heavy atom. The van der Waals surface area contributed by atoms with Crippen LogP contribution in [0.25, 0.3) is 0 Å². The van der Waals surface area contributed by atoms with Crippen LogP contribution in [0, 0.1) is 0 Å². The average Bonchev–Trinajstić information content (AvgIpc) is 2.23. The van der Waals surface area contributed by atoms with Crippen molar-refractivity contribution in [3.8, 4) is 0 Å². The van der Waals surface area contributed by atoms with Gasteiger partial charge in [0.25, 0.3) is 0 Å². The Kier molecular flexibility index (Phi) is 8.04. The number of hydrogen-bond donors (Lipinski definition) is 2. The molecule has 3 N–H and O–H groups in total. The summed E-state index contributed by atoms with van der Waals surface area (Å²) in [7, 11) is 3.79. The summed E-state index contributed by atoms with van der Waals surface area (Å²) in [6, 6.07) is 0.429. The highest BCUT2D eigenvalue weighted by Crippen LogP contribution is 2.01. The van der Waals surface area contributed by atoms with Gasteiger partial charge >= 0.3 is 0 Å². The summed E-state index contributed by atoms with van der Waals surface area (Å²) in [6.45, 7) is 3.88. The van der Waals surface area contributed by atoms with Crippen LogP contribution in [0.2, 0.25) is 0 Å². The summed E-state index contributed by atoms with van der Waals surface area (Å²) in [4.78, 5) is 2.25. The summed E-state index contributed by atoms with van der Waals surface area (Å²) in [6.07, 6.45) is 2.64. The van der Waals surface area contributed by atoms with E-state index >= 15 is 0 Å². The van der Waals surface area contributed by atoms with Gasteiger partial charge in [0, 0.05) is 19.6 Å². The van der Waals surface area contributed by atoms with Crippen molar-refractivity contribution in [3.05, 3.63) is 0 Å². The molecule has 0 aromatic heterocycles. The standard InChI is InChI=1S/C10H23N3O2/c1-9(8-15-3)13(2)7-5-4-6-10(11)12-14/h9,14H,4-8H2,1-3H3,(H2,11,12). The highest BCUT2D eigenvalue weighted by Gasteiger charge is 2.07. The molecule has 0 aliphatic carbocycles. The Morgan fingerprint density at radius 1 is 1.53 bits per heavy atom. The first-order chi connectivity index (χ1) is 7.11. The highest BCUT2D eigenvalue weighted by molar-refractivity contribution is 5.79. The topological polar surface area (TPSA) is 71.1 Å². The Bertz CT molecular complexity index is 186. The van der Waals surface area contributed by atoms with E-state index in [1.165, 1.54) is 0 Å². The lowest BCUT2D eigenvalue weighted by molar-refractivity contribution is 0.114. The third-order valence-electron chi connectivity index (χ3n) is 2.48. The molecule has 0 bridgehead atoms. The minimum Gasteiger partial charge on any atom is -0.409 e. The number of nitrogens with two attached hydrogens (primary N) is 1. The monoisotopic (exact) mass is 217 g/mol. The Labute approximate surface area is 91.9 Å². The molecule has 0 aliphatic heterocycles. The quantitative estimate of drug-likeness (QED) is 0.208. The van der Waals surface area contributed by atoms with E-state index in [2.05, 4.69) is 24.0 Å². The van der Waals surface area contributed by atoms with Crippen molar-refractivity contribution in [2.75, 3.05) is 27.3 Å². The van der Waals surface area contributed by atoms with Crippen LogP contribution in [0.3, 0.4) is 0 Å². The molecule has 0 radical (unpaired) electrons. The molecular formula is C10H23N3O2. The number of amidine groups is 1. The van der Waals surface area contributed by atoms with Crippen LogP contribution in [0.5, 0.6) is 0 Å². The van der Waals surface area contributed by atoms with Crippen molar-refractivity contribution in [1.82, 2.24) is 4.90 Å². The van der Waals surface area contributed by atoms with Crippen LogP contribution < -0.4 is 5.73 Å². The van der Waals surface area contributed by atoms with E-state index in [1.54, 1.807) is 7.11 Å². The summed E-state index contributed by atoms with van der Waals surface area (Å²) in [5.74, 6) is 0.308. The van der Waals surface area contributed by atoms with E-state index < -0.39 is 0 Å². The van der Waals surface area contributed by atoms with E-state index in [1.807, 2.05) is 0 Å². The van der Waals surface area contributed by atoms with Gasteiger partial charge in [-0.1, -0.05) is 5.16 Å². The minimum absolute atomic E-state index is 0.308. The van der Waals surface area contributed by atoms with Gasteiger partial charge in [-0.05, 0) is 33.4 Å². The van der Waals surface area contributed by atoms with Crippen LogP contribution in [0.1, 0.15) is 26.2 Å². The first kappa shape index (κ1) is 14.2. The molecule has 1 atom stereocenters. The Morgan fingerprint density at radius 2 is 2.20 bits per heavy atom. The maximum Gasteiger partial charge on any atom is 0.139 e. The maximum atomic E-state index is 8.34. The molecule has 0 spiro atoms. The fourth-order valence-corrected chi connectivity index (χ4v) is 1.31. The zero-order valence-corrected chi connectivity index (χ0v) is 9.94. The molecule has 5 nitrogen and oxygen atoms in total. The van der Waals surface area contributed by atoms with Crippen molar-refractivity contribution in [2.24, 2.45) is 10.9 Å². The van der Waals surface area contributed by atoms with Crippen molar-refractivity contribution < 1.29 is 9.94 Å². The van der Waals surface area contributed by atoms with Gasteiger partial charge in [-0.3, -0.25) is 0 Å². The predicted molar refractivity (Wildman–Crippen MR) is 61.2 cm³/mol. The molecule has 0 saturated heterocycles. The number of hydrogen-bond acceptors (Lipinski definition) is 4. The fourth-order valence-electron chi connectivity index (χ4n) is 1.31. The molecule has 0 fully saturated rings. The lowest BCUT2D eigenvalue weighted by atomic mass is 10.2. The molecule has 5 heteroatoms. The minimum atomic E-state index is 0.308. The molecule has 1 unspecified atom stereocenters. The number of nitrogens with zero attached hydrogens (tertiary/aromatic N) is 2. The molecule has 0 rings (SSSR count). The molecule has 0 heterocycles. The number of unbranched alkanes of at least 4 members (excludes halogenated alkanes) is 1. The second-order valence-electron chi connectivity index (χ2n) is 3.83. The summed E-state index contributed by atoms with van der Waals surface area (Å²) >= 11 is 0. The molecule has 0 aliphatic rings. The molecule has 0 amide bonds. The SMILES string of the molecule is COCC(C)N(C)CCCC/C(N)=N/O. The average molecular weight is 217 g/mol. The second kappa shape index (κ2) is 8.49.